The lowest BCUT2D eigenvalue weighted by Crippen LogP contribution is -2.22. The highest BCUT2D eigenvalue weighted by atomic mass is 16.6. The molecular weight excluding hydrogens is 418 g/mol. The molecule has 8 heteroatoms. The Morgan fingerprint density at radius 2 is 1.85 bits per heavy atom. The van der Waals surface area contributed by atoms with Crippen LogP contribution in [0, 0.1) is 10.1 Å². The lowest BCUT2D eigenvalue weighted by molar-refractivity contribution is -0.384. The normalized spacial score (nSPS) is 15.2. The molecule has 1 atom stereocenters. The van der Waals surface area contributed by atoms with Gasteiger partial charge in [0.1, 0.15) is 5.92 Å². The molecular formula is C25H19N5O3. The first-order valence-corrected chi connectivity index (χ1v) is 10.4. The van der Waals surface area contributed by atoms with Gasteiger partial charge in [-0.3, -0.25) is 19.9 Å². The van der Waals surface area contributed by atoms with Gasteiger partial charge in [0.05, 0.1) is 22.6 Å². The van der Waals surface area contributed by atoms with E-state index in [4.69, 9.17) is 4.99 Å². The van der Waals surface area contributed by atoms with Crippen molar-refractivity contribution in [2.24, 2.45) is 4.99 Å². The van der Waals surface area contributed by atoms with Gasteiger partial charge < -0.3 is 10.3 Å². The Labute approximate surface area is 189 Å². The minimum atomic E-state index is -0.757. The number of nitro benzene ring substituents is 1. The van der Waals surface area contributed by atoms with Crippen molar-refractivity contribution in [2.75, 3.05) is 5.32 Å². The average molecular weight is 437 g/mol. The van der Waals surface area contributed by atoms with Gasteiger partial charge in [0.15, 0.2) is 0 Å². The lowest BCUT2D eigenvalue weighted by atomic mass is 9.90. The summed E-state index contributed by atoms with van der Waals surface area (Å²) in [6.07, 6.45) is 4.15. The van der Waals surface area contributed by atoms with Gasteiger partial charge in [0.25, 0.3) is 5.69 Å². The summed E-state index contributed by atoms with van der Waals surface area (Å²) in [5, 5.41) is 14.2. The summed E-state index contributed by atoms with van der Waals surface area (Å²) in [5.41, 5.74) is 5.16. The Kier molecular flexibility index (Phi) is 5.24. The van der Waals surface area contributed by atoms with E-state index in [1.165, 1.54) is 12.1 Å². The zero-order valence-corrected chi connectivity index (χ0v) is 17.4. The van der Waals surface area contributed by atoms with Crippen LogP contribution >= 0.6 is 0 Å². The molecule has 2 N–H and O–H groups in total. The van der Waals surface area contributed by atoms with Crippen LogP contribution in [0.5, 0.6) is 0 Å². The van der Waals surface area contributed by atoms with E-state index in [0.717, 1.165) is 23.2 Å². The van der Waals surface area contributed by atoms with E-state index in [1.807, 2.05) is 54.6 Å². The van der Waals surface area contributed by atoms with Crippen molar-refractivity contribution in [3.05, 3.63) is 118 Å². The smallest absolute Gasteiger partial charge is 0.269 e. The molecule has 1 aromatic heterocycles. The van der Waals surface area contributed by atoms with Crippen molar-refractivity contribution in [2.45, 2.75) is 12.3 Å². The van der Waals surface area contributed by atoms with E-state index in [0.29, 0.717) is 22.6 Å². The number of anilines is 1. The van der Waals surface area contributed by atoms with Crippen LogP contribution in [0.4, 0.5) is 17.1 Å². The van der Waals surface area contributed by atoms with Gasteiger partial charge in [-0.1, -0.05) is 42.5 Å². The monoisotopic (exact) mass is 437 g/mol. The van der Waals surface area contributed by atoms with Gasteiger partial charge >= 0.3 is 0 Å². The number of aromatic amines is 1. The molecule has 33 heavy (non-hydrogen) atoms. The molecule has 2 heterocycles. The lowest BCUT2D eigenvalue weighted by Gasteiger charge is -2.14. The quantitative estimate of drug-likeness (QED) is 0.257. The second-order valence-electron chi connectivity index (χ2n) is 7.73. The fraction of sp³-hybridized carbons (Fsp3) is 0.0800. The molecule has 0 radical (unpaired) electrons. The number of rotatable bonds is 6. The highest BCUT2D eigenvalue weighted by Gasteiger charge is 2.36. The zero-order valence-electron chi connectivity index (χ0n) is 17.4. The second kappa shape index (κ2) is 8.51. The number of fused-ring (bicyclic) bond motifs is 1. The third-order valence-electron chi connectivity index (χ3n) is 5.56. The minimum Gasteiger partial charge on any atom is -0.348 e. The number of hydrogen-bond donors (Lipinski definition) is 2. The maximum absolute atomic E-state index is 13.0. The van der Waals surface area contributed by atoms with Crippen molar-refractivity contribution < 1.29 is 9.72 Å². The number of aromatic nitrogens is 2. The maximum atomic E-state index is 13.0. The molecule has 4 aromatic rings. The highest BCUT2D eigenvalue weighted by Crippen LogP contribution is 2.38. The third kappa shape index (κ3) is 4.14. The number of carbonyl (C=O) groups is 1. The Bertz CT molecular complexity index is 1350. The SMILES string of the molecule is O=C1Nc2ccc([N+](=O)[O-])cc2C1C(=Nc1ccc(Cc2cnc[nH]2)cc1)c1ccccc1. The van der Waals surface area contributed by atoms with Crippen molar-refractivity contribution >= 4 is 28.7 Å². The summed E-state index contributed by atoms with van der Waals surface area (Å²) in [5.74, 6) is -1.02. The summed E-state index contributed by atoms with van der Waals surface area (Å²) >= 11 is 0. The molecule has 5 rings (SSSR count). The number of nitro groups is 1. The van der Waals surface area contributed by atoms with Gasteiger partial charge in [-0.15, -0.1) is 0 Å². The van der Waals surface area contributed by atoms with Crippen LogP contribution in [0.3, 0.4) is 0 Å². The summed E-state index contributed by atoms with van der Waals surface area (Å²) in [6, 6.07) is 21.6. The molecule has 1 amide bonds. The fourth-order valence-electron chi connectivity index (χ4n) is 3.97. The van der Waals surface area contributed by atoms with E-state index in [-0.39, 0.29) is 11.6 Å². The van der Waals surface area contributed by atoms with E-state index in [2.05, 4.69) is 15.3 Å². The van der Waals surface area contributed by atoms with E-state index < -0.39 is 10.8 Å². The first kappa shape index (κ1) is 20.3. The number of imidazole rings is 1. The molecule has 8 nitrogen and oxygen atoms in total. The molecule has 0 saturated carbocycles. The predicted molar refractivity (Wildman–Crippen MR) is 125 cm³/mol. The number of H-pyrrole nitrogens is 1. The van der Waals surface area contributed by atoms with Gasteiger partial charge in [0, 0.05) is 41.7 Å². The van der Waals surface area contributed by atoms with Gasteiger partial charge in [-0.05, 0) is 29.3 Å². The standard InChI is InChI=1S/C25H19N5O3/c31-25-23(21-13-20(30(32)33)10-11-22(21)29-25)24(17-4-2-1-3-5-17)28-18-8-6-16(7-9-18)12-19-14-26-15-27-19/h1-11,13-15,23H,12H2,(H,26,27)(H,29,31). The van der Waals surface area contributed by atoms with Gasteiger partial charge in [-0.2, -0.15) is 0 Å². The zero-order chi connectivity index (χ0) is 22.8. The first-order valence-electron chi connectivity index (χ1n) is 10.4. The highest BCUT2D eigenvalue weighted by molar-refractivity contribution is 6.24. The molecule has 0 bridgehead atoms. The molecule has 162 valence electrons. The third-order valence-corrected chi connectivity index (χ3v) is 5.56. The van der Waals surface area contributed by atoms with Gasteiger partial charge in [0.2, 0.25) is 5.91 Å². The van der Waals surface area contributed by atoms with Crippen molar-refractivity contribution in [1.29, 1.82) is 0 Å². The number of nitrogens with one attached hydrogen (secondary N) is 2. The molecule has 1 unspecified atom stereocenters. The Morgan fingerprint density at radius 3 is 2.55 bits per heavy atom. The van der Waals surface area contributed by atoms with Crippen molar-refractivity contribution in [1.82, 2.24) is 9.97 Å². The summed E-state index contributed by atoms with van der Waals surface area (Å²) in [6.45, 7) is 0. The van der Waals surface area contributed by atoms with E-state index in [9.17, 15) is 14.9 Å². The van der Waals surface area contributed by atoms with E-state index in [1.54, 1.807) is 18.6 Å². The second-order valence-corrected chi connectivity index (χ2v) is 7.73. The van der Waals surface area contributed by atoms with Crippen LogP contribution in [0.25, 0.3) is 0 Å². The van der Waals surface area contributed by atoms with E-state index >= 15 is 0 Å². The molecule has 0 spiro atoms. The van der Waals surface area contributed by atoms with Crippen LogP contribution in [-0.2, 0) is 11.2 Å². The molecule has 0 saturated heterocycles. The molecule has 0 fully saturated rings. The van der Waals surface area contributed by atoms with Gasteiger partial charge in [-0.25, -0.2) is 4.98 Å². The Balaban J connectivity index is 1.55. The fourth-order valence-corrected chi connectivity index (χ4v) is 3.97. The van der Waals surface area contributed by atoms with Crippen LogP contribution < -0.4 is 5.32 Å². The number of aliphatic imine (C=N–C) groups is 1. The molecule has 1 aliphatic heterocycles. The number of hydrogen-bond acceptors (Lipinski definition) is 5. The van der Waals surface area contributed by atoms with Crippen molar-refractivity contribution in [3.63, 3.8) is 0 Å². The molecule has 0 aliphatic carbocycles. The Hall–Kier alpha value is -4.59. The van der Waals surface area contributed by atoms with Crippen LogP contribution in [0.1, 0.15) is 28.3 Å². The number of non-ortho nitro benzene ring substituents is 1. The van der Waals surface area contributed by atoms with Crippen molar-refractivity contribution in [3.8, 4) is 0 Å². The summed E-state index contributed by atoms with van der Waals surface area (Å²) < 4.78 is 0. The average Bonchev–Trinajstić information content (AvgIpc) is 3.45. The minimum absolute atomic E-state index is 0.0641. The molecule has 1 aliphatic rings. The largest absolute Gasteiger partial charge is 0.348 e. The number of amides is 1. The summed E-state index contributed by atoms with van der Waals surface area (Å²) in [7, 11) is 0. The maximum Gasteiger partial charge on any atom is 0.269 e. The predicted octanol–water partition coefficient (Wildman–Crippen LogP) is 4.77. The molecule has 3 aromatic carbocycles. The van der Waals surface area contributed by atoms with Crippen LogP contribution in [-0.4, -0.2) is 26.5 Å². The number of nitrogens with zero attached hydrogens (tertiary/aromatic N) is 3. The van der Waals surface area contributed by atoms with Crippen LogP contribution in [0.2, 0.25) is 0 Å². The first-order chi connectivity index (χ1) is 16.1. The summed E-state index contributed by atoms with van der Waals surface area (Å²) in [4.78, 5) is 35.8. The Morgan fingerprint density at radius 1 is 1.06 bits per heavy atom. The number of carbonyl (C=O) groups excluding carboxylic acids is 1. The van der Waals surface area contributed by atoms with Crippen LogP contribution in [0.15, 0.2) is 90.3 Å². The topological polar surface area (TPSA) is 113 Å². The number of benzene rings is 3.